The van der Waals surface area contributed by atoms with Crippen molar-refractivity contribution >= 4 is 17.5 Å². The van der Waals surface area contributed by atoms with Crippen molar-refractivity contribution in [3.05, 3.63) is 0 Å². The van der Waals surface area contributed by atoms with E-state index in [0.717, 1.165) is 25.9 Å². The van der Waals surface area contributed by atoms with Crippen LogP contribution in [0.3, 0.4) is 0 Å². The smallest absolute Gasteiger partial charge is 0.227 e. The van der Waals surface area contributed by atoms with E-state index >= 15 is 0 Å². The number of nitrogens with zero attached hydrogens (tertiary/aromatic N) is 2. The first-order chi connectivity index (χ1) is 11.6. The molecule has 1 amide bonds. The Morgan fingerprint density at radius 3 is 2.46 bits per heavy atom. The van der Waals surface area contributed by atoms with Crippen LogP contribution in [0, 0.1) is 17.8 Å². The standard InChI is InChI=1S/C19H31ClN2O2/c1-21-15-6-7-17(21)18(19(23)22-8-10-24-11-9-22)16(12-15)13-2-4-14(20)5-3-13/h13-18H,2-12H2,1H3/t13?,14?,15-,16-,17?,18?/m1/s1. The summed E-state index contributed by atoms with van der Waals surface area (Å²) in [6.45, 7) is 2.94. The molecule has 0 aromatic rings. The van der Waals surface area contributed by atoms with Crippen LogP contribution in [0.15, 0.2) is 0 Å². The van der Waals surface area contributed by atoms with Crippen LogP contribution in [-0.2, 0) is 9.53 Å². The van der Waals surface area contributed by atoms with Gasteiger partial charge in [-0.1, -0.05) is 0 Å². The number of carbonyl (C=O) groups is 1. The number of halogens is 1. The van der Waals surface area contributed by atoms with Crippen LogP contribution in [0.1, 0.15) is 44.9 Å². The van der Waals surface area contributed by atoms with Gasteiger partial charge in [0.2, 0.25) is 5.91 Å². The highest BCUT2D eigenvalue weighted by Crippen LogP contribution is 2.48. The highest BCUT2D eigenvalue weighted by molar-refractivity contribution is 6.20. The molecule has 4 aliphatic rings. The van der Waals surface area contributed by atoms with Crippen LogP contribution in [-0.4, -0.2) is 66.5 Å². The first kappa shape index (κ1) is 17.1. The molecule has 1 saturated carbocycles. The molecule has 2 unspecified atom stereocenters. The predicted molar refractivity (Wildman–Crippen MR) is 95.2 cm³/mol. The monoisotopic (exact) mass is 354 g/mol. The molecule has 0 aromatic carbocycles. The molecular formula is C19H31ClN2O2. The van der Waals surface area contributed by atoms with Crippen molar-refractivity contribution in [1.82, 2.24) is 9.80 Å². The molecule has 24 heavy (non-hydrogen) atoms. The zero-order valence-electron chi connectivity index (χ0n) is 14.8. The SMILES string of the molecule is CN1C2CC[C@@H]1C[C@H](C1CCC(Cl)CC1)C2C(=O)N1CCOCC1. The van der Waals surface area contributed by atoms with Gasteiger partial charge in [-0.05, 0) is 63.8 Å². The number of hydrogen-bond acceptors (Lipinski definition) is 3. The second-order valence-corrected chi connectivity index (χ2v) is 8.96. The molecule has 4 nitrogen and oxygen atoms in total. The van der Waals surface area contributed by atoms with Gasteiger partial charge in [0.05, 0.1) is 19.1 Å². The van der Waals surface area contributed by atoms with Gasteiger partial charge < -0.3 is 9.64 Å². The lowest BCUT2D eigenvalue weighted by molar-refractivity contribution is -0.147. The lowest BCUT2D eigenvalue weighted by Crippen LogP contribution is -2.56. The second kappa shape index (κ2) is 7.13. The van der Waals surface area contributed by atoms with Gasteiger partial charge >= 0.3 is 0 Å². The number of hydrogen-bond donors (Lipinski definition) is 0. The highest BCUT2D eigenvalue weighted by Gasteiger charge is 2.51. The summed E-state index contributed by atoms with van der Waals surface area (Å²) in [4.78, 5) is 18.0. The molecule has 0 spiro atoms. The lowest BCUT2D eigenvalue weighted by Gasteiger charge is -2.48. The summed E-state index contributed by atoms with van der Waals surface area (Å²) in [7, 11) is 2.24. The van der Waals surface area contributed by atoms with Gasteiger partial charge in [0.25, 0.3) is 0 Å². The van der Waals surface area contributed by atoms with Gasteiger partial charge in [-0.3, -0.25) is 9.69 Å². The van der Waals surface area contributed by atoms with E-state index in [2.05, 4.69) is 16.8 Å². The van der Waals surface area contributed by atoms with E-state index in [4.69, 9.17) is 16.3 Å². The maximum Gasteiger partial charge on any atom is 0.227 e. The Morgan fingerprint density at radius 2 is 1.75 bits per heavy atom. The Bertz CT molecular complexity index is 460. The lowest BCUT2D eigenvalue weighted by atomic mass is 9.68. The second-order valence-electron chi connectivity index (χ2n) is 8.34. The molecule has 1 aliphatic carbocycles. The molecule has 4 rings (SSSR count). The molecule has 136 valence electrons. The summed E-state index contributed by atoms with van der Waals surface area (Å²) >= 11 is 6.34. The molecular weight excluding hydrogens is 324 g/mol. The summed E-state index contributed by atoms with van der Waals surface area (Å²) < 4.78 is 5.46. The molecule has 5 heteroatoms. The number of morpholine rings is 1. The van der Waals surface area contributed by atoms with E-state index in [1.165, 1.54) is 32.1 Å². The minimum absolute atomic E-state index is 0.198. The molecule has 0 radical (unpaired) electrons. The van der Waals surface area contributed by atoms with Crippen LogP contribution < -0.4 is 0 Å². The maximum atomic E-state index is 13.4. The third-order valence-electron chi connectivity index (χ3n) is 7.23. The van der Waals surface area contributed by atoms with E-state index < -0.39 is 0 Å². The Morgan fingerprint density at radius 1 is 1.04 bits per heavy atom. The molecule has 4 atom stereocenters. The summed E-state index contributed by atoms with van der Waals surface area (Å²) in [6.07, 6.45) is 8.38. The average Bonchev–Trinajstić information content (AvgIpc) is 2.85. The maximum absolute atomic E-state index is 13.4. The van der Waals surface area contributed by atoms with Crippen molar-refractivity contribution in [1.29, 1.82) is 0 Å². The van der Waals surface area contributed by atoms with Crippen LogP contribution in [0.5, 0.6) is 0 Å². The Balaban J connectivity index is 1.55. The van der Waals surface area contributed by atoms with Crippen LogP contribution in [0.4, 0.5) is 0 Å². The van der Waals surface area contributed by atoms with E-state index in [9.17, 15) is 4.79 Å². The normalized spacial score (nSPS) is 43.8. The van der Waals surface area contributed by atoms with Crippen molar-refractivity contribution in [2.75, 3.05) is 33.4 Å². The molecule has 3 saturated heterocycles. The van der Waals surface area contributed by atoms with E-state index in [1.54, 1.807) is 0 Å². The van der Waals surface area contributed by atoms with Gasteiger partial charge in [0.15, 0.2) is 0 Å². The topological polar surface area (TPSA) is 32.8 Å². The largest absolute Gasteiger partial charge is 0.378 e. The van der Waals surface area contributed by atoms with E-state index in [0.29, 0.717) is 48.4 Å². The number of ether oxygens (including phenoxy) is 1. The number of fused-ring (bicyclic) bond motifs is 2. The number of amides is 1. The third kappa shape index (κ3) is 3.10. The van der Waals surface area contributed by atoms with Crippen molar-refractivity contribution in [2.45, 2.75) is 62.4 Å². The van der Waals surface area contributed by atoms with Crippen molar-refractivity contribution < 1.29 is 9.53 Å². The van der Waals surface area contributed by atoms with Gasteiger partial charge in [-0.25, -0.2) is 0 Å². The van der Waals surface area contributed by atoms with Crippen molar-refractivity contribution in [3.63, 3.8) is 0 Å². The number of rotatable bonds is 2. The van der Waals surface area contributed by atoms with Gasteiger partial charge in [0, 0.05) is 30.6 Å². The quantitative estimate of drug-likeness (QED) is 0.715. The fourth-order valence-electron chi connectivity index (χ4n) is 5.84. The van der Waals surface area contributed by atoms with Gasteiger partial charge in [-0.2, -0.15) is 0 Å². The molecule has 3 aliphatic heterocycles. The number of carbonyl (C=O) groups excluding carboxylic acids is 1. The van der Waals surface area contributed by atoms with Gasteiger partial charge in [0.1, 0.15) is 0 Å². The van der Waals surface area contributed by atoms with Crippen LogP contribution >= 0.6 is 11.6 Å². The fraction of sp³-hybridized carbons (Fsp3) is 0.947. The minimum Gasteiger partial charge on any atom is -0.378 e. The van der Waals surface area contributed by atoms with E-state index in [1.807, 2.05) is 0 Å². The van der Waals surface area contributed by atoms with Crippen LogP contribution in [0.25, 0.3) is 0 Å². The van der Waals surface area contributed by atoms with Crippen molar-refractivity contribution in [2.24, 2.45) is 17.8 Å². The zero-order valence-corrected chi connectivity index (χ0v) is 15.6. The van der Waals surface area contributed by atoms with Gasteiger partial charge in [-0.15, -0.1) is 11.6 Å². The van der Waals surface area contributed by atoms with Crippen LogP contribution in [0.2, 0.25) is 0 Å². The summed E-state index contributed by atoms with van der Waals surface area (Å²) in [5, 5.41) is 0.359. The first-order valence-corrected chi connectivity index (χ1v) is 10.3. The predicted octanol–water partition coefficient (Wildman–Crippen LogP) is 2.74. The third-order valence-corrected chi connectivity index (χ3v) is 7.67. The summed E-state index contributed by atoms with van der Waals surface area (Å²) in [6, 6.07) is 1.15. The zero-order chi connectivity index (χ0) is 16.7. The molecule has 0 N–H and O–H groups in total. The molecule has 3 heterocycles. The van der Waals surface area contributed by atoms with Crippen molar-refractivity contribution in [3.8, 4) is 0 Å². The number of alkyl halides is 1. The fourth-order valence-corrected chi connectivity index (χ4v) is 6.09. The summed E-state index contributed by atoms with van der Waals surface area (Å²) in [5.74, 6) is 1.88. The number of piperidine rings is 1. The molecule has 4 fully saturated rings. The highest BCUT2D eigenvalue weighted by atomic mass is 35.5. The average molecular weight is 355 g/mol. The Kier molecular flexibility index (Phi) is 5.08. The Hall–Kier alpha value is -0.320. The van der Waals surface area contributed by atoms with E-state index in [-0.39, 0.29) is 5.92 Å². The minimum atomic E-state index is 0.198. The first-order valence-electron chi connectivity index (χ1n) is 9.87. The molecule has 0 aromatic heterocycles. The Labute approximate surface area is 150 Å². The molecule has 2 bridgehead atoms. The summed E-state index contributed by atoms with van der Waals surface area (Å²) in [5.41, 5.74) is 0.